The van der Waals surface area contributed by atoms with Crippen LogP contribution in [-0.4, -0.2) is 44.4 Å². The van der Waals surface area contributed by atoms with E-state index in [-0.39, 0.29) is 11.6 Å². The maximum Gasteiger partial charge on any atom is 0.337 e. The number of rotatable bonds is 5. The molecule has 0 aliphatic rings. The van der Waals surface area contributed by atoms with Gasteiger partial charge in [0.2, 0.25) is 0 Å². The quantitative estimate of drug-likeness (QED) is 0.771. The lowest BCUT2D eigenvalue weighted by Crippen LogP contribution is -2.39. The topological polar surface area (TPSA) is 78.9 Å². The second-order valence-corrected chi connectivity index (χ2v) is 3.61. The van der Waals surface area contributed by atoms with E-state index in [0.717, 1.165) is 0 Å². The third-order valence-corrected chi connectivity index (χ3v) is 2.38. The fraction of sp³-hybridized carbons (Fsp3) is 0.333. The number of amides is 2. The fourth-order valence-corrected chi connectivity index (χ4v) is 1.43. The van der Waals surface area contributed by atoms with Gasteiger partial charge in [-0.3, -0.25) is 4.90 Å². The zero-order valence-corrected chi connectivity index (χ0v) is 10.3. The summed E-state index contributed by atoms with van der Waals surface area (Å²) < 4.78 is 4.81. The molecule has 0 saturated heterocycles. The number of carbonyl (C=O) groups is 2. The van der Waals surface area contributed by atoms with Crippen LogP contribution in [0, 0.1) is 0 Å². The summed E-state index contributed by atoms with van der Waals surface area (Å²) in [6.45, 7) is 0.773. The monoisotopic (exact) mass is 252 g/mol. The van der Waals surface area contributed by atoms with Crippen molar-refractivity contribution in [1.29, 1.82) is 0 Å². The highest BCUT2D eigenvalue weighted by molar-refractivity contribution is 6.01. The van der Waals surface area contributed by atoms with E-state index in [9.17, 15) is 9.59 Å². The first-order chi connectivity index (χ1) is 8.57. The van der Waals surface area contributed by atoms with Crippen molar-refractivity contribution in [1.82, 2.24) is 5.32 Å². The van der Waals surface area contributed by atoms with Gasteiger partial charge in [-0.2, -0.15) is 0 Å². The van der Waals surface area contributed by atoms with Gasteiger partial charge in [0, 0.05) is 20.7 Å². The summed E-state index contributed by atoms with van der Waals surface area (Å²) in [7, 11) is 3.06. The minimum absolute atomic E-state index is 0.0851. The van der Waals surface area contributed by atoms with Crippen LogP contribution in [-0.2, 0) is 4.74 Å². The third kappa shape index (κ3) is 3.46. The molecule has 0 aromatic heterocycles. The Morgan fingerprint density at radius 2 is 2.06 bits per heavy atom. The molecule has 18 heavy (non-hydrogen) atoms. The summed E-state index contributed by atoms with van der Waals surface area (Å²) in [5.41, 5.74) is 0.432. The highest BCUT2D eigenvalue weighted by atomic mass is 16.5. The Bertz CT molecular complexity index is 434. The number of para-hydroxylation sites is 1. The second-order valence-electron chi connectivity index (χ2n) is 3.61. The number of carbonyl (C=O) groups excluding carboxylic acids is 1. The average molecular weight is 252 g/mol. The summed E-state index contributed by atoms with van der Waals surface area (Å²) in [6.07, 6.45) is 0. The Morgan fingerprint density at radius 3 is 2.67 bits per heavy atom. The molecule has 0 atom stereocenters. The van der Waals surface area contributed by atoms with E-state index in [1.54, 1.807) is 18.2 Å². The summed E-state index contributed by atoms with van der Waals surface area (Å²) >= 11 is 0. The number of ether oxygens (including phenoxy) is 1. The first kappa shape index (κ1) is 14.0. The van der Waals surface area contributed by atoms with Crippen LogP contribution in [0.5, 0.6) is 0 Å². The predicted octanol–water partition coefficient (Wildman–Crippen LogP) is 1.18. The Morgan fingerprint density at radius 1 is 1.39 bits per heavy atom. The zero-order valence-electron chi connectivity index (χ0n) is 10.3. The van der Waals surface area contributed by atoms with Crippen molar-refractivity contribution in [2.75, 3.05) is 32.2 Å². The molecule has 0 radical (unpaired) electrons. The molecule has 1 aromatic carbocycles. The number of carboxylic acid groups (broad SMARTS) is 1. The van der Waals surface area contributed by atoms with Gasteiger partial charge in [0.15, 0.2) is 0 Å². The first-order valence-corrected chi connectivity index (χ1v) is 5.40. The number of nitrogens with zero attached hydrogens (tertiary/aromatic N) is 1. The van der Waals surface area contributed by atoms with Crippen LogP contribution in [0.4, 0.5) is 10.5 Å². The molecule has 1 aromatic rings. The zero-order chi connectivity index (χ0) is 13.5. The van der Waals surface area contributed by atoms with Crippen molar-refractivity contribution in [3.05, 3.63) is 29.8 Å². The van der Waals surface area contributed by atoms with Crippen LogP contribution in [0.2, 0.25) is 0 Å². The van der Waals surface area contributed by atoms with Crippen molar-refractivity contribution in [3.63, 3.8) is 0 Å². The molecular formula is C12H16N2O4. The van der Waals surface area contributed by atoms with Crippen molar-refractivity contribution in [2.45, 2.75) is 0 Å². The van der Waals surface area contributed by atoms with Gasteiger partial charge in [0.05, 0.1) is 17.9 Å². The molecule has 6 heteroatoms. The molecule has 98 valence electrons. The van der Waals surface area contributed by atoms with Crippen molar-refractivity contribution in [2.24, 2.45) is 0 Å². The van der Waals surface area contributed by atoms with Gasteiger partial charge in [-0.25, -0.2) is 9.59 Å². The predicted molar refractivity (Wildman–Crippen MR) is 67.1 cm³/mol. The summed E-state index contributed by atoms with van der Waals surface area (Å²) in [4.78, 5) is 24.1. The van der Waals surface area contributed by atoms with E-state index in [2.05, 4.69) is 5.32 Å². The molecule has 2 amide bonds. The highest BCUT2D eigenvalue weighted by Crippen LogP contribution is 2.18. The Balaban J connectivity index is 2.80. The van der Waals surface area contributed by atoms with E-state index < -0.39 is 5.97 Å². The first-order valence-electron chi connectivity index (χ1n) is 5.40. The van der Waals surface area contributed by atoms with Crippen LogP contribution in [0.25, 0.3) is 0 Å². The van der Waals surface area contributed by atoms with Gasteiger partial charge in [-0.05, 0) is 12.1 Å². The van der Waals surface area contributed by atoms with Gasteiger partial charge in [0.25, 0.3) is 0 Å². The van der Waals surface area contributed by atoms with Gasteiger partial charge in [0.1, 0.15) is 0 Å². The molecule has 0 heterocycles. The molecule has 0 fully saturated rings. The number of hydrogen-bond acceptors (Lipinski definition) is 3. The molecule has 6 nitrogen and oxygen atoms in total. The average Bonchev–Trinajstić information content (AvgIpc) is 2.38. The minimum Gasteiger partial charge on any atom is -0.478 e. The third-order valence-electron chi connectivity index (χ3n) is 2.38. The van der Waals surface area contributed by atoms with Gasteiger partial charge >= 0.3 is 12.0 Å². The molecule has 0 aliphatic carbocycles. The van der Waals surface area contributed by atoms with Crippen molar-refractivity contribution in [3.8, 4) is 0 Å². The standard InChI is InChI=1S/C12H16N2O4/c1-14(12(17)13-7-8-18-2)10-6-4-3-5-9(10)11(15)16/h3-6H,7-8H2,1-2H3,(H,13,17)(H,15,16). The molecule has 1 rings (SSSR count). The largest absolute Gasteiger partial charge is 0.478 e. The van der Waals surface area contributed by atoms with E-state index in [4.69, 9.17) is 9.84 Å². The molecule has 2 N–H and O–H groups in total. The number of nitrogens with one attached hydrogen (secondary N) is 1. The Kier molecular flexibility index (Phi) is 5.13. The molecular weight excluding hydrogens is 236 g/mol. The maximum atomic E-state index is 11.8. The van der Waals surface area contributed by atoms with Crippen molar-refractivity contribution >= 4 is 17.7 Å². The lowest BCUT2D eigenvalue weighted by atomic mass is 10.1. The number of urea groups is 1. The molecule has 0 aliphatic heterocycles. The minimum atomic E-state index is -1.07. The summed E-state index contributed by atoms with van der Waals surface area (Å²) in [5.74, 6) is -1.07. The maximum absolute atomic E-state index is 11.8. The normalized spacial score (nSPS) is 9.89. The molecule has 0 unspecified atom stereocenters. The summed E-state index contributed by atoms with van der Waals surface area (Å²) in [5, 5.41) is 11.6. The highest BCUT2D eigenvalue weighted by Gasteiger charge is 2.17. The lowest BCUT2D eigenvalue weighted by Gasteiger charge is -2.19. The lowest BCUT2D eigenvalue weighted by molar-refractivity contribution is 0.0697. The van der Waals surface area contributed by atoms with E-state index >= 15 is 0 Å². The molecule has 0 saturated carbocycles. The number of methoxy groups -OCH3 is 1. The smallest absolute Gasteiger partial charge is 0.337 e. The van der Waals surface area contributed by atoms with Gasteiger partial charge in [-0.1, -0.05) is 12.1 Å². The second kappa shape index (κ2) is 6.61. The van der Waals surface area contributed by atoms with Crippen LogP contribution < -0.4 is 10.2 Å². The van der Waals surface area contributed by atoms with Crippen LogP contribution >= 0.6 is 0 Å². The van der Waals surface area contributed by atoms with E-state index in [0.29, 0.717) is 18.8 Å². The van der Waals surface area contributed by atoms with E-state index in [1.165, 1.54) is 25.1 Å². The van der Waals surface area contributed by atoms with Crippen LogP contribution in [0.1, 0.15) is 10.4 Å². The van der Waals surface area contributed by atoms with Gasteiger partial charge in [-0.15, -0.1) is 0 Å². The van der Waals surface area contributed by atoms with Crippen LogP contribution in [0.3, 0.4) is 0 Å². The van der Waals surface area contributed by atoms with Crippen molar-refractivity contribution < 1.29 is 19.4 Å². The molecule has 0 bridgehead atoms. The molecule has 0 spiro atoms. The fourth-order valence-electron chi connectivity index (χ4n) is 1.43. The Labute approximate surface area is 105 Å². The number of anilines is 1. The Hall–Kier alpha value is -2.08. The van der Waals surface area contributed by atoms with E-state index in [1.807, 2.05) is 0 Å². The van der Waals surface area contributed by atoms with Gasteiger partial charge < -0.3 is 15.2 Å². The number of carboxylic acids is 1. The SMILES string of the molecule is COCCNC(=O)N(C)c1ccccc1C(=O)O. The summed E-state index contributed by atoms with van der Waals surface area (Å²) in [6, 6.07) is 5.96. The van der Waals surface area contributed by atoms with Crippen LogP contribution in [0.15, 0.2) is 24.3 Å². The number of benzene rings is 1. The number of aromatic carboxylic acids is 1. The number of hydrogen-bond donors (Lipinski definition) is 2.